The molecule has 5 nitrogen and oxygen atoms in total. The van der Waals surface area contributed by atoms with Crippen LogP contribution in [0, 0.1) is 28.7 Å². The molecular weight excluding hydrogens is 525 g/mol. The lowest BCUT2D eigenvalue weighted by Gasteiger charge is -2.15. The van der Waals surface area contributed by atoms with Gasteiger partial charge in [-0.2, -0.15) is 5.26 Å². The third kappa shape index (κ3) is 5.37. The Bertz CT molecular complexity index is 1360. The standard InChI is InChI=1S/C27H24IN3O2/c1-4-32-25-14-20(13-22(28)26(25)33-16-19-8-5-17(2)6-9-19)12-21(15-29)27-30-23-10-7-18(3)11-24(23)31-27/h5-14H,4,16H2,1-3H3,(H,30,31)/b21-12-. The van der Waals surface area contributed by atoms with E-state index in [9.17, 15) is 5.26 Å². The molecule has 3 aromatic carbocycles. The maximum atomic E-state index is 9.81. The average molecular weight is 549 g/mol. The summed E-state index contributed by atoms with van der Waals surface area (Å²) in [6.45, 7) is 7.00. The molecule has 1 heterocycles. The normalized spacial score (nSPS) is 11.4. The fourth-order valence-electron chi connectivity index (χ4n) is 3.49. The predicted molar refractivity (Wildman–Crippen MR) is 140 cm³/mol. The van der Waals surface area contributed by atoms with Crippen LogP contribution in [0.15, 0.2) is 54.6 Å². The molecule has 0 atom stereocenters. The van der Waals surface area contributed by atoms with Gasteiger partial charge < -0.3 is 14.5 Å². The maximum absolute atomic E-state index is 9.81. The molecule has 0 aliphatic rings. The summed E-state index contributed by atoms with van der Waals surface area (Å²) >= 11 is 2.25. The number of imidazole rings is 1. The van der Waals surface area contributed by atoms with E-state index in [1.165, 1.54) is 5.56 Å². The first-order chi connectivity index (χ1) is 16.0. The minimum atomic E-state index is 0.452. The van der Waals surface area contributed by atoms with Crippen LogP contribution in [0.5, 0.6) is 11.5 Å². The summed E-state index contributed by atoms with van der Waals surface area (Å²) in [7, 11) is 0. The highest BCUT2D eigenvalue weighted by Crippen LogP contribution is 2.36. The van der Waals surface area contributed by atoms with E-state index < -0.39 is 0 Å². The minimum absolute atomic E-state index is 0.452. The molecule has 0 radical (unpaired) electrons. The molecule has 0 unspecified atom stereocenters. The number of aromatic amines is 1. The molecule has 0 aliphatic heterocycles. The van der Waals surface area contributed by atoms with E-state index >= 15 is 0 Å². The highest BCUT2D eigenvalue weighted by atomic mass is 127. The fourth-order valence-corrected chi connectivity index (χ4v) is 4.27. The number of nitrogens with zero attached hydrogens (tertiary/aromatic N) is 2. The van der Waals surface area contributed by atoms with Gasteiger partial charge >= 0.3 is 0 Å². The molecular formula is C27H24IN3O2. The molecule has 33 heavy (non-hydrogen) atoms. The molecule has 0 bridgehead atoms. The van der Waals surface area contributed by atoms with Crippen molar-refractivity contribution in [3.05, 3.63) is 86.2 Å². The average Bonchev–Trinajstić information content (AvgIpc) is 3.21. The zero-order chi connectivity index (χ0) is 23.4. The summed E-state index contributed by atoms with van der Waals surface area (Å²) in [4.78, 5) is 7.84. The number of allylic oxidation sites excluding steroid dienone is 1. The van der Waals surface area contributed by atoms with E-state index in [4.69, 9.17) is 9.47 Å². The Labute approximate surface area is 207 Å². The molecule has 4 rings (SSSR count). The Hall–Kier alpha value is -3.31. The zero-order valence-electron chi connectivity index (χ0n) is 18.8. The Morgan fingerprint density at radius 2 is 1.82 bits per heavy atom. The number of fused-ring (bicyclic) bond motifs is 1. The number of hydrogen-bond donors (Lipinski definition) is 1. The van der Waals surface area contributed by atoms with Crippen molar-refractivity contribution in [1.29, 1.82) is 5.26 Å². The van der Waals surface area contributed by atoms with E-state index in [-0.39, 0.29) is 0 Å². The maximum Gasteiger partial charge on any atom is 0.175 e. The molecule has 0 spiro atoms. The monoisotopic (exact) mass is 549 g/mol. The Morgan fingerprint density at radius 1 is 1.06 bits per heavy atom. The molecule has 1 aromatic heterocycles. The molecule has 166 valence electrons. The number of H-pyrrole nitrogens is 1. The van der Waals surface area contributed by atoms with E-state index in [1.807, 2.05) is 50.3 Å². The van der Waals surface area contributed by atoms with E-state index in [0.717, 1.165) is 31.3 Å². The van der Waals surface area contributed by atoms with Gasteiger partial charge in [0.05, 0.1) is 26.8 Å². The summed E-state index contributed by atoms with van der Waals surface area (Å²) in [6, 6.07) is 20.4. The van der Waals surface area contributed by atoms with Gasteiger partial charge in [-0.3, -0.25) is 0 Å². The van der Waals surface area contributed by atoms with Crippen molar-refractivity contribution in [2.75, 3.05) is 6.61 Å². The molecule has 1 N–H and O–H groups in total. The number of nitriles is 1. The van der Waals surface area contributed by atoms with Gasteiger partial charge in [0.1, 0.15) is 18.5 Å². The SMILES string of the molecule is CCOc1cc(/C=C(/C#N)c2nc3ccc(C)cc3[nH]2)cc(I)c1OCc1ccc(C)cc1. The quantitative estimate of drug-likeness (QED) is 0.203. The first kappa shape index (κ1) is 22.9. The third-order valence-electron chi connectivity index (χ3n) is 5.16. The number of rotatable bonds is 7. The van der Waals surface area contributed by atoms with Crippen LogP contribution < -0.4 is 9.47 Å². The lowest BCUT2D eigenvalue weighted by molar-refractivity contribution is 0.267. The number of nitrogens with one attached hydrogen (secondary N) is 1. The second-order valence-electron chi connectivity index (χ2n) is 7.81. The Morgan fingerprint density at radius 3 is 2.55 bits per heavy atom. The van der Waals surface area contributed by atoms with Gasteiger partial charge in [-0.1, -0.05) is 35.9 Å². The van der Waals surface area contributed by atoms with Crippen LogP contribution in [0.4, 0.5) is 0 Å². The van der Waals surface area contributed by atoms with Gasteiger partial charge in [0.15, 0.2) is 11.5 Å². The Kier molecular flexibility index (Phi) is 6.99. The van der Waals surface area contributed by atoms with Crippen LogP contribution in [-0.2, 0) is 6.61 Å². The van der Waals surface area contributed by atoms with E-state index in [2.05, 4.69) is 69.8 Å². The summed E-state index contributed by atoms with van der Waals surface area (Å²) in [6.07, 6.45) is 1.82. The number of halogens is 1. The molecule has 6 heteroatoms. The van der Waals surface area contributed by atoms with Gasteiger partial charge in [-0.15, -0.1) is 0 Å². The number of benzene rings is 3. The molecule has 4 aromatic rings. The molecule has 0 saturated heterocycles. The van der Waals surface area contributed by atoms with Gasteiger partial charge in [0, 0.05) is 0 Å². The summed E-state index contributed by atoms with van der Waals surface area (Å²) < 4.78 is 12.9. The van der Waals surface area contributed by atoms with E-state index in [1.54, 1.807) is 0 Å². The van der Waals surface area contributed by atoms with Crippen LogP contribution in [-0.4, -0.2) is 16.6 Å². The van der Waals surface area contributed by atoms with Gasteiger partial charge in [0.25, 0.3) is 0 Å². The number of ether oxygens (including phenoxy) is 2. The van der Waals surface area contributed by atoms with Gasteiger partial charge in [-0.05, 0) is 90.4 Å². The van der Waals surface area contributed by atoms with Crippen LogP contribution in [0.3, 0.4) is 0 Å². The molecule has 0 saturated carbocycles. The second-order valence-corrected chi connectivity index (χ2v) is 8.98. The number of aromatic nitrogens is 2. The smallest absolute Gasteiger partial charge is 0.175 e. The van der Waals surface area contributed by atoms with Crippen molar-refractivity contribution >= 4 is 45.3 Å². The van der Waals surface area contributed by atoms with Crippen LogP contribution >= 0.6 is 22.6 Å². The topological polar surface area (TPSA) is 70.9 Å². The van der Waals surface area contributed by atoms with Crippen molar-refractivity contribution in [3.63, 3.8) is 0 Å². The first-order valence-corrected chi connectivity index (χ1v) is 11.8. The second kappa shape index (κ2) is 10.1. The molecule has 0 aliphatic carbocycles. The summed E-state index contributed by atoms with van der Waals surface area (Å²) in [5.41, 5.74) is 6.49. The minimum Gasteiger partial charge on any atom is -0.490 e. The van der Waals surface area contributed by atoms with Crippen molar-refractivity contribution in [3.8, 4) is 17.6 Å². The fraction of sp³-hybridized carbons (Fsp3) is 0.185. The zero-order valence-corrected chi connectivity index (χ0v) is 20.9. The number of aryl methyl sites for hydroxylation is 2. The third-order valence-corrected chi connectivity index (χ3v) is 5.96. The molecule has 0 fully saturated rings. The van der Waals surface area contributed by atoms with Crippen LogP contribution in [0.1, 0.15) is 35.0 Å². The van der Waals surface area contributed by atoms with Gasteiger partial charge in [0.2, 0.25) is 0 Å². The number of hydrogen-bond acceptors (Lipinski definition) is 4. The van der Waals surface area contributed by atoms with Gasteiger partial charge in [-0.25, -0.2) is 4.98 Å². The van der Waals surface area contributed by atoms with Crippen LogP contribution in [0.25, 0.3) is 22.7 Å². The largest absolute Gasteiger partial charge is 0.490 e. The van der Waals surface area contributed by atoms with Crippen molar-refractivity contribution in [2.45, 2.75) is 27.4 Å². The first-order valence-electron chi connectivity index (χ1n) is 10.7. The summed E-state index contributed by atoms with van der Waals surface area (Å²) in [5.74, 6) is 1.90. The Balaban J connectivity index is 1.65. The highest BCUT2D eigenvalue weighted by Gasteiger charge is 2.14. The van der Waals surface area contributed by atoms with Crippen molar-refractivity contribution in [1.82, 2.24) is 9.97 Å². The highest BCUT2D eigenvalue weighted by molar-refractivity contribution is 14.1. The summed E-state index contributed by atoms with van der Waals surface area (Å²) in [5, 5.41) is 9.81. The lowest BCUT2D eigenvalue weighted by atomic mass is 10.1. The van der Waals surface area contributed by atoms with Crippen LogP contribution in [0.2, 0.25) is 0 Å². The predicted octanol–water partition coefficient (Wildman–Crippen LogP) is 6.83. The van der Waals surface area contributed by atoms with Crippen molar-refractivity contribution < 1.29 is 9.47 Å². The lowest BCUT2D eigenvalue weighted by Crippen LogP contribution is -2.02. The molecule has 0 amide bonds. The van der Waals surface area contributed by atoms with E-state index in [0.29, 0.717) is 36.1 Å². The van der Waals surface area contributed by atoms with Crippen molar-refractivity contribution in [2.24, 2.45) is 0 Å².